The first-order valence-electron chi connectivity index (χ1n) is 7.60. The molecular weight excluding hydrogens is 303 g/mol. The van der Waals surface area contributed by atoms with Crippen molar-refractivity contribution in [1.82, 2.24) is 9.88 Å². The van der Waals surface area contributed by atoms with E-state index >= 15 is 0 Å². The van der Waals surface area contributed by atoms with Crippen LogP contribution in [0.2, 0.25) is 0 Å². The van der Waals surface area contributed by atoms with Gasteiger partial charge in [0.25, 0.3) is 0 Å². The Kier molecular flexibility index (Phi) is 4.57. The zero-order valence-electron chi connectivity index (χ0n) is 13.2. The van der Waals surface area contributed by atoms with Crippen molar-refractivity contribution in [3.8, 4) is 5.69 Å². The van der Waals surface area contributed by atoms with Crippen LogP contribution in [0.4, 0.5) is 4.39 Å². The van der Waals surface area contributed by atoms with Crippen molar-refractivity contribution >= 4 is 11.5 Å². The summed E-state index contributed by atoms with van der Waals surface area (Å²) in [5.41, 5.74) is 3.20. The van der Waals surface area contributed by atoms with E-state index in [9.17, 15) is 9.18 Å². The van der Waals surface area contributed by atoms with Crippen LogP contribution in [-0.2, 0) is 4.79 Å². The van der Waals surface area contributed by atoms with Gasteiger partial charge in [0.05, 0.1) is 0 Å². The summed E-state index contributed by atoms with van der Waals surface area (Å²) in [5, 5.41) is 2.57. The fourth-order valence-corrected chi connectivity index (χ4v) is 2.51. The second-order valence-corrected chi connectivity index (χ2v) is 5.32. The van der Waals surface area contributed by atoms with Crippen molar-refractivity contribution in [2.45, 2.75) is 0 Å². The summed E-state index contributed by atoms with van der Waals surface area (Å²) in [7, 11) is 1.57. The second-order valence-electron chi connectivity index (χ2n) is 5.32. The predicted octanol–water partition coefficient (Wildman–Crippen LogP) is 3.79. The van der Waals surface area contributed by atoms with Crippen LogP contribution >= 0.6 is 0 Å². The third-order valence-electron chi connectivity index (χ3n) is 3.74. The van der Waals surface area contributed by atoms with Gasteiger partial charge in [-0.2, -0.15) is 0 Å². The third-order valence-corrected chi connectivity index (χ3v) is 3.74. The highest BCUT2D eigenvalue weighted by Crippen LogP contribution is 2.25. The van der Waals surface area contributed by atoms with Crippen LogP contribution in [0.25, 0.3) is 11.3 Å². The molecule has 0 aliphatic rings. The highest BCUT2D eigenvalue weighted by Gasteiger charge is 2.09. The van der Waals surface area contributed by atoms with Gasteiger partial charge in [0.2, 0.25) is 5.91 Å². The number of carbonyl (C=O) groups is 1. The smallest absolute Gasteiger partial charge is 0.244 e. The van der Waals surface area contributed by atoms with E-state index in [0.717, 1.165) is 11.3 Å². The van der Waals surface area contributed by atoms with E-state index in [1.165, 1.54) is 18.2 Å². The van der Waals surface area contributed by atoms with Gasteiger partial charge < -0.3 is 9.88 Å². The Morgan fingerprint density at radius 1 is 1.00 bits per heavy atom. The lowest BCUT2D eigenvalue weighted by molar-refractivity contribution is -0.116. The van der Waals surface area contributed by atoms with Crippen LogP contribution < -0.4 is 5.32 Å². The lowest BCUT2D eigenvalue weighted by Crippen LogP contribution is -2.15. The normalized spacial score (nSPS) is 11.3. The van der Waals surface area contributed by atoms with E-state index < -0.39 is 0 Å². The van der Waals surface area contributed by atoms with E-state index in [1.807, 2.05) is 53.4 Å². The highest BCUT2D eigenvalue weighted by atomic mass is 19.1. The molecule has 1 aromatic heterocycles. The van der Waals surface area contributed by atoms with Crippen molar-refractivity contribution in [2.75, 3.05) is 7.05 Å². The second kappa shape index (κ2) is 6.96. The molecule has 1 heterocycles. The lowest BCUT2D eigenvalue weighted by atomic mass is 9.97. The maximum atomic E-state index is 13.6. The maximum absolute atomic E-state index is 13.6. The first kappa shape index (κ1) is 15.7. The molecule has 0 aliphatic heterocycles. The van der Waals surface area contributed by atoms with Crippen LogP contribution in [0.5, 0.6) is 0 Å². The number of carbonyl (C=O) groups excluding carboxylic acids is 1. The zero-order valence-corrected chi connectivity index (χ0v) is 13.2. The number of rotatable bonds is 4. The molecule has 0 radical (unpaired) electrons. The number of hydrogen-bond donors (Lipinski definition) is 1. The van der Waals surface area contributed by atoms with Gasteiger partial charge in [0.15, 0.2) is 0 Å². The van der Waals surface area contributed by atoms with Crippen molar-refractivity contribution < 1.29 is 9.18 Å². The van der Waals surface area contributed by atoms with E-state index in [0.29, 0.717) is 11.1 Å². The lowest BCUT2D eigenvalue weighted by Gasteiger charge is -2.10. The molecule has 0 fully saturated rings. The SMILES string of the molecule is CNC(=O)C=C(c1ccc(-n2cccc2)cc1)c1cccc(F)c1. The number of hydrogen-bond acceptors (Lipinski definition) is 1. The van der Waals surface area contributed by atoms with Crippen molar-refractivity contribution in [1.29, 1.82) is 0 Å². The van der Waals surface area contributed by atoms with Crippen LogP contribution in [0.3, 0.4) is 0 Å². The molecule has 0 unspecified atom stereocenters. The van der Waals surface area contributed by atoms with Gasteiger partial charge in [0, 0.05) is 31.2 Å². The molecule has 24 heavy (non-hydrogen) atoms. The van der Waals surface area contributed by atoms with Gasteiger partial charge in [0.1, 0.15) is 5.82 Å². The van der Waals surface area contributed by atoms with Crippen LogP contribution in [0, 0.1) is 5.82 Å². The third kappa shape index (κ3) is 3.43. The summed E-state index contributed by atoms with van der Waals surface area (Å²) in [6, 6.07) is 17.9. The molecule has 0 saturated heterocycles. The highest BCUT2D eigenvalue weighted by molar-refractivity contribution is 5.99. The summed E-state index contributed by atoms with van der Waals surface area (Å²) in [4.78, 5) is 11.8. The number of benzene rings is 2. The molecular formula is C20H17FN2O. The summed E-state index contributed by atoms with van der Waals surface area (Å²) < 4.78 is 15.6. The minimum Gasteiger partial charge on any atom is -0.356 e. The number of aromatic nitrogens is 1. The summed E-state index contributed by atoms with van der Waals surface area (Å²) in [6.07, 6.45) is 5.41. The molecule has 0 aliphatic carbocycles. The van der Waals surface area contributed by atoms with E-state index in [4.69, 9.17) is 0 Å². The van der Waals surface area contributed by atoms with E-state index in [-0.39, 0.29) is 11.7 Å². The average molecular weight is 320 g/mol. The molecule has 1 N–H and O–H groups in total. The number of amides is 1. The van der Waals surface area contributed by atoms with Gasteiger partial charge in [-0.3, -0.25) is 4.79 Å². The Hall–Kier alpha value is -3.14. The van der Waals surface area contributed by atoms with Gasteiger partial charge in [-0.05, 0) is 53.1 Å². The number of nitrogens with zero attached hydrogens (tertiary/aromatic N) is 1. The molecule has 120 valence electrons. The minimum atomic E-state index is -0.334. The van der Waals surface area contributed by atoms with Crippen LogP contribution in [-0.4, -0.2) is 17.5 Å². The molecule has 0 atom stereocenters. The van der Waals surface area contributed by atoms with Gasteiger partial charge in [-0.25, -0.2) is 4.39 Å². The molecule has 3 rings (SSSR count). The van der Waals surface area contributed by atoms with Crippen LogP contribution in [0.15, 0.2) is 79.1 Å². The van der Waals surface area contributed by atoms with Gasteiger partial charge in [-0.1, -0.05) is 24.3 Å². The predicted molar refractivity (Wildman–Crippen MR) is 93.3 cm³/mol. The molecule has 2 aromatic carbocycles. The number of halogens is 1. The summed E-state index contributed by atoms with van der Waals surface area (Å²) in [6.45, 7) is 0. The Labute approximate surface area is 140 Å². The molecule has 1 amide bonds. The molecule has 0 spiro atoms. The Bertz CT molecular complexity index is 865. The standard InChI is InChI=1S/C20H17FN2O/c1-22-20(24)14-19(16-5-4-6-17(21)13-16)15-7-9-18(10-8-15)23-11-2-3-12-23/h2-14H,1H3,(H,22,24). The molecule has 3 aromatic rings. The zero-order chi connectivity index (χ0) is 16.9. The van der Waals surface area contributed by atoms with Gasteiger partial charge >= 0.3 is 0 Å². The van der Waals surface area contributed by atoms with E-state index in [1.54, 1.807) is 19.2 Å². The Morgan fingerprint density at radius 2 is 1.71 bits per heavy atom. The summed E-state index contributed by atoms with van der Waals surface area (Å²) in [5.74, 6) is -0.567. The Balaban J connectivity index is 2.02. The fraction of sp³-hybridized carbons (Fsp3) is 0.0500. The first-order chi connectivity index (χ1) is 11.7. The van der Waals surface area contributed by atoms with E-state index in [2.05, 4.69) is 5.32 Å². The molecule has 0 saturated carbocycles. The summed E-state index contributed by atoms with van der Waals surface area (Å²) >= 11 is 0. The fourth-order valence-electron chi connectivity index (χ4n) is 2.51. The first-order valence-corrected chi connectivity index (χ1v) is 7.60. The molecule has 3 nitrogen and oxygen atoms in total. The van der Waals surface area contributed by atoms with Crippen molar-refractivity contribution in [3.63, 3.8) is 0 Å². The Morgan fingerprint density at radius 3 is 2.33 bits per heavy atom. The van der Waals surface area contributed by atoms with Crippen molar-refractivity contribution in [3.05, 3.63) is 96.1 Å². The van der Waals surface area contributed by atoms with Gasteiger partial charge in [-0.15, -0.1) is 0 Å². The quantitative estimate of drug-likeness (QED) is 0.729. The molecule has 0 bridgehead atoms. The maximum Gasteiger partial charge on any atom is 0.244 e. The number of nitrogens with one attached hydrogen (secondary N) is 1. The molecule has 4 heteroatoms. The van der Waals surface area contributed by atoms with Crippen LogP contribution in [0.1, 0.15) is 11.1 Å². The largest absolute Gasteiger partial charge is 0.356 e. The monoisotopic (exact) mass is 320 g/mol. The topological polar surface area (TPSA) is 34.0 Å². The van der Waals surface area contributed by atoms with Crippen molar-refractivity contribution in [2.24, 2.45) is 0 Å². The average Bonchev–Trinajstić information content (AvgIpc) is 3.14. The minimum absolute atomic E-state index is 0.233. The number of likely N-dealkylation sites (N-methyl/N-ethyl adjacent to an activating group) is 1.